The Morgan fingerprint density at radius 3 is 2.47 bits per heavy atom. The maximum absolute atomic E-state index is 13.0. The first-order valence-corrected chi connectivity index (χ1v) is 7.16. The summed E-state index contributed by atoms with van der Waals surface area (Å²) in [6.45, 7) is 0. The molecular weight excluding hydrogens is 263 g/mol. The number of hydrogen-bond donors (Lipinski definition) is 0. The average Bonchev–Trinajstić information content (AvgIpc) is 2.39. The smallest absolute Gasteiger partial charge is 0.150 e. The van der Waals surface area contributed by atoms with Gasteiger partial charge in [0.2, 0.25) is 0 Å². The highest BCUT2D eigenvalue weighted by Gasteiger charge is 2.11. The number of hydrogen-bond acceptors (Lipinski definition) is 2. The highest BCUT2D eigenvalue weighted by molar-refractivity contribution is 7.85. The van der Waals surface area contributed by atoms with E-state index < -0.39 is 16.6 Å². The van der Waals surface area contributed by atoms with Gasteiger partial charge in [-0.15, -0.1) is 0 Å². The molecule has 0 aromatic heterocycles. The molecule has 0 amide bonds. The summed E-state index contributed by atoms with van der Waals surface area (Å²) in [7, 11) is -1.49. The molecule has 2 rings (SSSR count). The van der Waals surface area contributed by atoms with Gasteiger partial charge in [0.1, 0.15) is 11.6 Å². The first kappa shape index (κ1) is 13.6. The zero-order chi connectivity index (χ0) is 13.7. The number of halogens is 1. The molecule has 98 valence electrons. The Hall–Kier alpha value is -1.81. The van der Waals surface area contributed by atoms with Gasteiger partial charge in [-0.05, 0) is 23.8 Å². The van der Waals surface area contributed by atoms with E-state index in [1.165, 1.54) is 18.2 Å². The molecule has 0 fully saturated rings. The molecule has 0 spiro atoms. The summed E-state index contributed by atoms with van der Waals surface area (Å²) in [6, 6.07) is 14.8. The Kier molecular flexibility index (Phi) is 4.58. The molecule has 0 saturated carbocycles. The first-order chi connectivity index (χ1) is 9.15. The molecule has 0 radical (unpaired) electrons. The van der Waals surface area contributed by atoms with E-state index >= 15 is 0 Å². The largest absolute Gasteiger partial charge is 0.298 e. The second-order valence-electron chi connectivity index (χ2n) is 4.15. The van der Waals surface area contributed by atoms with Crippen LogP contribution in [0.25, 0.3) is 0 Å². The van der Waals surface area contributed by atoms with Crippen molar-refractivity contribution in [1.29, 1.82) is 0 Å². The molecule has 2 nitrogen and oxygen atoms in total. The Morgan fingerprint density at radius 2 is 1.79 bits per heavy atom. The van der Waals surface area contributed by atoms with E-state index in [1.54, 1.807) is 6.07 Å². The third kappa shape index (κ3) is 4.10. The molecule has 0 aliphatic carbocycles. The van der Waals surface area contributed by atoms with Gasteiger partial charge >= 0.3 is 0 Å². The van der Waals surface area contributed by atoms with Gasteiger partial charge in [-0.3, -0.25) is 9.00 Å². The van der Waals surface area contributed by atoms with Gasteiger partial charge in [-0.1, -0.05) is 36.4 Å². The third-order valence-corrected chi connectivity index (χ3v) is 3.96. The molecule has 0 heterocycles. The van der Waals surface area contributed by atoms with Crippen molar-refractivity contribution in [3.63, 3.8) is 0 Å². The number of carbonyl (C=O) groups is 1. The van der Waals surface area contributed by atoms with E-state index in [9.17, 15) is 13.4 Å². The topological polar surface area (TPSA) is 34.1 Å². The van der Waals surface area contributed by atoms with Crippen molar-refractivity contribution < 1.29 is 13.4 Å². The quantitative estimate of drug-likeness (QED) is 0.841. The van der Waals surface area contributed by atoms with Gasteiger partial charge in [0.25, 0.3) is 0 Å². The van der Waals surface area contributed by atoms with Gasteiger partial charge in [-0.25, -0.2) is 4.39 Å². The fourth-order valence-electron chi connectivity index (χ4n) is 1.71. The van der Waals surface area contributed by atoms with Crippen molar-refractivity contribution in [1.82, 2.24) is 0 Å². The van der Waals surface area contributed by atoms with Crippen LogP contribution in [0.4, 0.5) is 4.39 Å². The molecule has 0 N–H and O–H groups in total. The van der Waals surface area contributed by atoms with Crippen LogP contribution >= 0.6 is 0 Å². The number of ketones is 1. The van der Waals surface area contributed by atoms with Crippen molar-refractivity contribution in [2.24, 2.45) is 0 Å². The molecule has 0 aliphatic rings. The van der Waals surface area contributed by atoms with Crippen LogP contribution < -0.4 is 0 Å². The minimum atomic E-state index is -1.49. The van der Waals surface area contributed by atoms with Crippen molar-refractivity contribution in [2.75, 3.05) is 5.75 Å². The predicted molar refractivity (Wildman–Crippen MR) is 72.8 cm³/mol. The van der Waals surface area contributed by atoms with Gasteiger partial charge < -0.3 is 0 Å². The Morgan fingerprint density at radius 1 is 1.05 bits per heavy atom. The fraction of sp³-hybridized carbons (Fsp3) is 0.133. The first-order valence-electron chi connectivity index (χ1n) is 5.85. The molecule has 1 unspecified atom stereocenters. The van der Waals surface area contributed by atoms with Gasteiger partial charge in [-0.2, -0.15) is 0 Å². The minimum absolute atomic E-state index is 0.0850. The summed E-state index contributed by atoms with van der Waals surface area (Å²) >= 11 is 0. The predicted octanol–water partition coefficient (Wildman–Crippen LogP) is 2.75. The van der Waals surface area contributed by atoms with E-state index in [0.717, 1.165) is 5.56 Å². The van der Waals surface area contributed by atoms with Gasteiger partial charge in [0.15, 0.2) is 0 Å². The maximum Gasteiger partial charge on any atom is 0.150 e. The number of carbonyl (C=O) groups excluding carboxylic acids is 1. The Balaban J connectivity index is 1.98. The normalized spacial score (nSPS) is 12.1. The Bertz CT molecular complexity index is 596. The van der Waals surface area contributed by atoms with Crippen molar-refractivity contribution in [2.45, 2.75) is 11.3 Å². The van der Waals surface area contributed by atoms with Crippen molar-refractivity contribution >= 4 is 16.6 Å². The summed E-state index contributed by atoms with van der Waals surface area (Å²) in [6.07, 6.45) is 0.252. The zero-order valence-electron chi connectivity index (χ0n) is 10.2. The van der Waals surface area contributed by atoms with Crippen LogP contribution in [-0.4, -0.2) is 15.7 Å². The summed E-state index contributed by atoms with van der Waals surface area (Å²) in [5.41, 5.74) is 0.892. The number of Topliss-reactive ketones (excluding diaryl/α,β-unsaturated/α-hetero) is 1. The van der Waals surface area contributed by atoms with Crippen LogP contribution in [0, 0.1) is 5.82 Å². The van der Waals surface area contributed by atoms with Gasteiger partial charge in [0.05, 0.1) is 16.6 Å². The monoisotopic (exact) mass is 276 g/mol. The van der Waals surface area contributed by atoms with E-state index in [0.29, 0.717) is 4.90 Å². The van der Waals surface area contributed by atoms with Crippen LogP contribution in [0.2, 0.25) is 0 Å². The van der Waals surface area contributed by atoms with Crippen molar-refractivity contribution in [3.05, 3.63) is 66.0 Å². The average molecular weight is 276 g/mol. The van der Waals surface area contributed by atoms with E-state index in [4.69, 9.17) is 0 Å². The highest BCUT2D eigenvalue weighted by Crippen LogP contribution is 2.10. The third-order valence-electron chi connectivity index (χ3n) is 2.60. The van der Waals surface area contributed by atoms with Gasteiger partial charge in [0, 0.05) is 11.3 Å². The molecule has 1 atom stereocenters. The molecule has 0 bridgehead atoms. The van der Waals surface area contributed by atoms with E-state index in [2.05, 4.69) is 0 Å². The van der Waals surface area contributed by atoms with Crippen molar-refractivity contribution in [3.8, 4) is 0 Å². The SMILES string of the molecule is O=C(Cc1ccccc1)CS(=O)c1cccc(F)c1. The molecule has 0 aliphatic heterocycles. The second kappa shape index (κ2) is 6.38. The van der Waals surface area contributed by atoms with Crippen LogP contribution in [0.3, 0.4) is 0 Å². The lowest BCUT2D eigenvalue weighted by molar-refractivity contribution is -0.116. The zero-order valence-corrected chi connectivity index (χ0v) is 11.0. The highest BCUT2D eigenvalue weighted by atomic mass is 32.2. The Labute approximate surface area is 113 Å². The molecule has 4 heteroatoms. The molecule has 0 saturated heterocycles. The van der Waals surface area contributed by atoms with Crippen LogP contribution in [0.15, 0.2) is 59.5 Å². The maximum atomic E-state index is 13.0. The summed E-state index contributed by atoms with van der Waals surface area (Å²) in [5, 5.41) is 0. The molecule has 19 heavy (non-hydrogen) atoms. The lowest BCUT2D eigenvalue weighted by Gasteiger charge is -2.02. The minimum Gasteiger partial charge on any atom is -0.298 e. The number of rotatable bonds is 5. The lowest BCUT2D eigenvalue weighted by atomic mass is 10.1. The summed E-state index contributed by atoms with van der Waals surface area (Å²) in [4.78, 5) is 12.1. The molecule has 2 aromatic carbocycles. The number of benzene rings is 2. The van der Waals surface area contributed by atoms with E-state index in [-0.39, 0.29) is 18.0 Å². The van der Waals surface area contributed by atoms with E-state index in [1.807, 2.05) is 30.3 Å². The second-order valence-corrected chi connectivity index (χ2v) is 5.60. The lowest BCUT2D eigenvalue weighted by Crippen LogP contribution is -2.13. The molecular formula is C15H13FO2S. The fourth-order valence-corrected chi connectivity index (χ4v) is 2.75. The summed E-state index contributed by atoms with van der Waals surface area (Å²) in [5.74, 6) is -0.645. The summed E-state index contributed by atoms with van der Waals surface area (Å²) < 4.78 is 24.9. The van der Waals surface area contributed by atoms with Crippen LogP contribution in [-0.2, 0) is 22.0 Å². The van der Waals surface area contributed by atoms with Crippen LogP contribution in [0.1, 0.15) is 5.56 Å². The molecule has 2 aromatic rings. The standard InChI is InChI=1S/C15H13FO2S/c16-13-7-4-8-15(10-13)19(18)11-14(17)9-12-5-2-1-3-6-12/h1-8,10H,9,11H2. The van der Waals surface area contributed by atoms with Crippen LogP contribution in [0.5, 0.6) is 0 Å².